The van der Waals surface area contributed by atoms with Gasteiger partial charge in [-0.3, -0.25) is 19.2 Å². The zero-order valence-electron chi connectivity index (χ0n) is 14.9. The van der Waals surface area contributed by atoms with E-state index in [1.54, 1.807) is 0 Å². The molecule has 0 rings (SSSR count). The van der Waals surface area contributed by atoms with Gasteiger partial charge in [0.25, 0.3) is 0 Å². The molecule has 5 atom stereocenters. The van der Waals surface area contributed by atoms with Crippen molar-refractivity contribution in [3.63, 3.8) is 0 Å². The molecule has 5 unspecified atom stereocenters. The number of nitrogens with one attached hydrogen (secondary N) is 3. The highest BCUT2D eigenvalue weighted by Gasteiger charge is 2.33. The lowest BCUT2D eigenvalue weighted by Crippen LogP contribution is -2.60. The standard InChI is InChI=1S/C14H24N4O8S2/c1-5(19)10(18-11(22)6(15)3-27)13(24)16-7(2-9(20)21)12(23)17-8(4-28)14(25)26/h5-8,10,19,27-28H,2-4,15H2,1H3,(H,16,24)(H,17,23)(H,18,22)(H,20,21)(H,25,26). The molecule has 0 radical (unpaired) electrons. The molecule has 28 heavy (non-hydrogen) atoms. The second kappa shape index (κ2) is 12.4. The van der Waals surface area contributed by atoms with E-state index < -0.39 is 66.4 Å². The van der Waals surface area contributed by atoms with E-state index in [2.05, 4.69) is 35.9 Å². The number of carboxylic acid groups (broad SMARTS) is 2. The van der Waals surface area contributed by atoms with Gasteiger partial charge in [0, 0.05) is 11.5 Å². The van der Waals surface area contributed by atoms with Crippen LogP contribution in [0.3, 0.4) is 0 Å². The van der Waals surface area contributed by atoms with Gasteiger partial charge in [-0.15, -0.1) is 0 Å². The molecule has 160 valence electrons. The lowest BCUT2D eigenvalue weighted by Gasteiger charge is -2.25. The minimum absolute atomic E-state index is 0.0374. The first-order chi connectivity index (χ1) is 12.9. The van der Waals surface area contributed by atoms with Crippen LogP contribution in [-0.2, 0) is 24.0 Å². The van der Waals surface area contributed by atoms with E-state index in [1.807, 2.05) is 5.32 Å². The van der Waals surface area contributed by atoms with Crippen molar-refractivity contribution in [2.45, 2.75) is 43.6 Å². The first-order valence-corrected chi connectivity index (χ1v) is 9.22. The molecule has 12 nitrogen and oxygen atoms in total. The van der Waals surface area contributed by atoms with Gasteiger partial charge in [-0.05, 0) is 6.92 Å². The van der Waals surface area contributed by atoms with Crippen LogP contribution in [0.15, 0.2) is 0 Å². The van der Waals surface area contributed by atoms with E-state index in [-0.39, 0.29) is 11.5 Å². The van der Waals surface area contributed by atoms with E-state index in [1.165, 1.54) is 6.92 Å². The average molecular weight is 441 g/mol. The molecular weight excluding hydrogens is 416 g/mol. The summed E-state index contributed by atoms with van der Waals surface area (Å²) in [6, 6.07) is -5.68. The largest absolute Gasteiger partial charge is 0.481 e. The third kappa shape index (κ3) is 8.77. The third-order valence-electron chi connectivity index (χ3n) is 3.40. The van der Waals surface area contributed by atoms with Crippen LogP contribution in [0.4, 0.5) is 0 Å². The maximum atomic E-state index is 12.4. The van der Waals surface area contributed by atoms with Crippen molar-refractivity contribution in [3.8, 4) is 0 Å². The number of hydrogen-bond donors (Lipinski definition) is 9. The summed E-state index contributed by atoms with van der Waals surface area (Å²) in [5.41, 5.74) is 5.47. The van der Waals surface area contributed by atoms with Crippen LogP contribution >= 0.6 is 25.3 Å². The number of aliphatic hydroxyl groups excluding tert-OH is 1. The number of carbonyl (C=O) groups is 5. The van der Waals surface area contributed by atoms with E-state index in [4.69, 9.17) is 15.9 Å². The second-order valence-electron chi connectivity index (χ2n) is 5.76. The highest BCUT2D eigenvalue weighted by Crippen LogP contribution is 2.01. The zero-order valence-corrected chi connectivity index (χ0v) is 16.7. The van der Waals surface area contributed by atoms with E-state index in [0.29, 0.717) is 0 Å². The SMILES string of the molecule is CC(O)C(NC(=O)C(N)CS)C(=O)NC(CC(=O)O)C(=O)NC(CS)C(=O)O. The molecule has 0 aliphatic heterocycles. The van der Waals surface area contributed by atoms with Gasteiger partial charge >= 0.3 is 11.9 Å². The summed E-state index contributed by atoms with van der Waals surface area (Å²) in [5, 5.41) is 33.9. The Labute approximate surface area is 171 Å². The van der Waals surface area contributed by atoms with Gasteiger partial charge in [0.2, 0.25) is 17.7 Å². The summed E-state index contributed by atoms with van der Waals surface area (Å²) in [6.45, 7) is 1.18. The van der Waals surface area contributed by atoms with Crippen molar-refractivity contribution in [2.75, 3.05) is 11.5 Å². The molecular formula is C14H24N4O8S2. The lowest BCUT2D eigenvalue weighted by atomic mass is 10.1. The number of aliphatic hydroxyl groups is 1. The predicted molar refractivity (Wildman–Crippen MR) is 103 cm³/mol. The molecule has 0 spiro atoms. The molecule has 0 bridgehead atoms. The Morgan fingerprint density at radius 3 is 1.82 bits per heavy atom. The number of rotatable bonds is 12. The zero-order chi connectivity index (χ0) is 22.0. The van der Waals surface area contributed by atoms with Crippen LogP contribution in [0.1, 0.15) is 13.3 Å². The maximum Gasteiger partial charge on any atom is 0.327 e. The smallest absolute Gasteiger partial charge is 0.327 e. The van der Waals surface area contributed by atoms with Gasteiger partial charge < -0.3 is 37.0 Å². The fourth-order valence-electron chi connectivity index (χ4n) is 1.85. The number of hydrogen-bond acceptors (Lipinski definition) is 9. The molecule has 0 aromatic carbocycles. The highest BCUT2D eigenvalue weighted by molar-refractivity contribution is 7.80. The van der Waals surface area contributed by atoms with Crippen LogP contribution < -0.4 is 21.7 Å². The average Bonchev–Trinajstić information content (AvgIpc) is 2.61. The number of carbonyl (C=O) groups excluding carboxylic acids is 3. The molecule has 0 fully saturated rings. The molecule has 0 aliphatic rings. The summed E-state index contributed by atoms with van der Waals surface area (Å²) in [5.74, 6) is -6.11. The second-order valence-corrected chi connectivity index (χ2v) is 6.49. The van der Waals surface area contributed by atoms with Crippen molar-refractivity contribution in [1.82, 2.24) is 16.0 Å². The molecule has 8 N–H and O–H groups in total. The topological polar surface area (TPSA) is 208 Å². The number of nitrogens with two attached hydrogens (primary N) is 1. The minimum Gasteiger partial charge on any atom is -0.481 e. The number of aliphatic carboxylic acids is 2. The molecule has 3 amide bonds. The summed E-state index contributed by atoms with van der Waals surface area (Å²) in [4.78, 5) is 58.4. The molecule has 0 heterocycles. The molecule has 0 aromatic heterocycles. The predicted octanol–water partition coefficient (Wildman–Crippen LogP) is -3.43. The van der Waals surface area contributed by atoms with Crippen LogP contribution in [0.5, 0.6) is 0 Å². The van der Waals surface area contributed by atoms with E-state index in [9.17, 15) is 29.1 Å². The fourth-order valence-corrected chi connectivity index (χ4v) is 2.26. The Morgan fingerprint density at radius 2 is 1.43 bits per heavy atom. The lowest BCUT2D eigenvalue weighted by molar-refractivity contribution is -0.143. The Balaban J connectivity index is 5.34. The quantitative estimate of drug-likeness (QED) is 0.138. The van der Waals surface area contributed by atoms with Crippen molar-refractivity contribution >= 4 is 54.9 Å². The Morgan fingerprint density at radius 1 is 0.893 bits per heavy atom. The van der Waals surface area contributed by atoms with Gasteiger partial charge in [0.15, 0.2) is 0 Å². The van der Waals surface area contributed by atoms with Crippen LogP contribution in [0, 0.1) is 0 Å². The summed E-state index contributed by atoms with van der Waals surface area (Å²) in [6.07, 6.45) is -2.28. The number of amides is 3. The van der Waals surface area contributed by atoms with Crippen molar-refractivity contribution < 1.29 is 39.3 Å². The minimum atomic E-state index is -1.66. The van der Waals surface area contributed by atoms with Gasteiger partial charge in [-0.1, -0.05) is 0 Å². The Hall–Kier alpha value is -2.03. The van der Waals surface area contributed by atoms with Gasteiger partial charge in [0.1, 0.15) is 18.1 Å². The monoisotopic (exact) mass is 440 g/mol. The molecule has 14 heteroatoms. The van der Waals surface area contributed by atoms with Crippen LogP contribution in [-0.4, -0.2) is 86.8 Å². The van der Waals surface area contributed by atoms with Crippen molar-refractivity contribution in [2.24, 2.45) is 5.73 Å². The highest BCUT2D eigenvalue weighted by atomic mass is 32.1. The van der Waals surface area contributed by atoms with Gasteiger partial charge in [0.05, 0.1) is 18.6 Å². The molecule has 0 aliphatic carbocycles. The Bertz CT molecular complexity index is 604. The summed E-state index contributed by atoms with van der Waals surface area (Å²) >= 11 is 7.60. The normalized spacial score (nSPS) is 16.0. The van der Waals surface area contributed by atoms with Crippen molar-refractivity contribution in [3.05, 3.63) is 0 Å². The fraction of sp³-hybridized carbons (Fsp3) is 0.643. The van der Waals surface area contributed by atoms with Gasteiger partial charge in [-0.2, -0.15) is 25.3 Å². The molecule has 0 saturated heterocycles. The van der Waals surface area contributed by atoms with Gasteiger partial charge in [-0.25, -0.2) is 4.79 Å². The molecule has 0 saturated carbocycles. The van der Waals surface area contributed by atoms with Crippen LogP contribution in [0.25, 0.3) is 0 Å². The number of thiol groups is 2. The van der Waals surface area contributed by atoms with E-state index in [0.717, 1.165) is 0 Å². The summed E-state index contributed by atoms with van der Waals surface area (Å²) < 4.78 is 0. The summed E-state index contributed by atoms with van der Waals surface area (Å²) in [7, 11) is 0. The van der Waals surface area contributed by atoms with E-state index >= 15 is 0 Å². The Kier molecular flexibility index (Phi) is 11.5. The number of carboxylic acids is 2. The third-order valence-corrected chi connectivity index (χ3v) is 4.16. The van der Waals surface area contributed by atoms with Crippen molar-refractivity contribution in [1.29, 1.82) is 0 Å². The first kappa shape index (κ1) is 26.0. The van der Waals surface area contributed by atoms with Crippen LogP contribution in [0.2, 0.25) is 0 Å². The first-order valence-electron chi connectivity index (χ1n) is 7.95. The molecule has 0 aromatic rings. The maximum absolute atomic E-state index is 12.4.